The van der Waals surface area contributed by atoms with E-state index in [0.29, 0.717) is 19.0 Å². The predicted octanol–water partition coefficient (Wildman–Crippen LogP) is 3.36. The lowest BCUT2D eigenvalue weighted by atomic mass is 10.2. The Morgan fingerprint density at radius 3 is 2.74 bits per heavy atom. The van der Waals surface area contributed by atoms with Gasteiger partial charge in [0.15, 0.2) is 0 Å². The minimum absolute atomic E-state index is 0.127. The van der Waals surface area contributed by atoms with Crippen molar-refractivity contribution in [1.29, 1.82) is 0 Å². The van der Waals surface area contributed by atoms with Gasteiger partial charge in [0.25, 0.3) is 0 Å². The normalized spacial score (nSPS) is 15.7. The first-order valence-electron chi connectivity index (χ1n) is 10.7. The van der Waals surface area contributed by atoms with Crippen molar-refractivity contribution in [3.05, 3.63) is 71.6 Å². The minimum atomic E-state index is -0.661. The lowest BCUT2D eigenvalue weighted by Gasteiger charge is -2.17. The molecule has 10 nitrogen and oxygen atoms in total. The van der Waals surface area contributed by atoms with Crippen LogP contribution < -0.4 is 15.2 Å². The van der Waals surface area contributed by atoms with Crippen LogP contribution in [-0.2, 0) is 18.4 Å². The molecule has 1 amide bonds. The number of allylic oxidation sites excluding steroid dienone is 1. The topological polar surface area (TPSA) is 101 Å². The van der Waals surface area contributed by atoms with Crippen LogP contribution >= 0.6 is 0 Å². The van der Waals surface area contributed by atoms with E-state index in [4.69, 9.17) is 4.74 Å². The molecule has 1 fully saturated rings. The summed E-state index contributed by atoms with van der Waals surface area (Å²) in [5.41, 5.74) is 3.22. The van der Waals surface area contributed by atoms with Crippen LogP contribution in [0.1, 0.15) is 12.5 Å². The van der Waals surface area contributed by atoms with Gasteiger partial charge in [0.1, 0.15) is 12.4 Å². The maximum absolute atomic E-state index is 14.8. The molecular formula is C23H25FN8O2. The third kappa shape index (κ3) is 5.20. The van der Waals surface area contributed by atoms with Gasteiger partial charge in [0.2, 0.25) is 5.95 Å². The summed E-state index contributed by atoms with van der Waals surface area (Å²) in [6.07, 6.45) is 1.31. The maximum Gasteiger partial charge on any atom is 0.411 e. The van der Waals surface area contributed by atoms with Gasteiger partial charge in [-0.15, -0.1) is 0 Å². The Bertz CT molecular complexity index is 1220. The molecule has 1 aliphatic heterocycles. The van der Waals surface area contributed by atoms with Crippen LogP contribution in [0.15, 0.2) is 65.3 Å². The van der Waals surface area contributed by atoms with E-state index in [1.165, 1.54) is 11.1 Å². The van der Waals surface area contributed by atoms with Crippen LogP contribution in [0.25, 0.3) is 0 Å². The van der Waals surface area contributed by atoms with E-state index in [1.54, 1.807) is 30.9 Å². The van der Waals surface area contributed by atoms with Gasteiger partial charge >= 0.3 is 6.09 Å². The number of carbonyl (C=O) groups excluding carboxylic acids is 1. The van der Waals surface area contributed by atoms with Crippen molar-refractivity contribution < 1.29 is 13.9 Å². The summed E-state index contributed by atoms with van der Waals surface area (Å²) < 4.78 is 21.6. The molecule has 2 aromatic carbocycles. The number of rotatable bonds is 6. The van der Waals surface area contributed by atoms with Crippen molar-refractivity contribution in [1.82, 2.24) is 20.2 Å². The summed E-state index contributed by atoms with van der Waals surface area (Å²) in [6.45, 7) is 3.16. The lowest BCUT2D eigenvalue weighted by Crippen LogP contribution is -2.24. The summed E-state index contributed by atoms with van der Waals surface area (Å²) in [7, 11) is 3.45. The lowest BCUT2D eigenvalue weighted by molar-refractivity contribution is 0.155. The number of tetrazole rings is 1. The average molecular weight is 465 g/mol. The Morgan fingerprint density at radius 1 is 1.26 bits per heavy atom. The van der Waals surface area contributed by atoms with Crippen molar-refractivity contribution in [2.24, 2.45) is 12.1 Å². The van der Waals surface area contributed by atoms with Crippen LogP contribution in [0, 0.1) is 5.82 Å². The molecule has 1 N–H and O–H groups in total. The van der Waals surface area contributed by atoms with E-state index < -0.39 is 11.9 Å². The third-order valence-corrected chi connectivity index (χ3v) is 5.33. The first-order valence-corrected chi connectivity index (χ1v) is 10.7. The number of hydrazone groups is 1. The van der Waals surface area contributed by atoms with Crippen molar-refractivity contribution in [3.8, 4) is 0 Å². The Labute approximate surface area is 196 Å². The Kier molecular flexibility index (Phi) is 6.81. The minimum Gasteiger partial charge on any atom is -0.444 e. The molecule has 1 aliphatic rings. The van der Waals surface area contributed by atoms with Gasteiger partial charge in [-0.2, -0.15) is 5.10 Å². The molecule has 0 bridgehead atoms. The molecular weight excluding hydrogens is 439 g/mol. The number of aryl methyl sites for hydroxylation is 1. The van der Waals surface area contributed by atoms with Gasteiger partial charge < -0.3 is 9.64 Å². The van der Waals surface area contributed by atoms with Crippen molar-refractivity contribution in [3.63, 3.8) is 0 Å². The molecule has 3 aromatic rings. The highest BCUT2D eigenvalue weighted by Gasteiger charge is 2.27. The number of benzene rings is 2. The number of amides is 1. The average Bonchev–Trinajstić information content (AvgIpc) is 3.43. The number of halogens is 1. The highest BCUT2D eigenvalue weighted by molar-refractivity contribution is 6.07. The van der Waals surface area contributed by atoms with E-state index in [-0.39, 0.29) is 18.0 Å². The predicted molar refractivity (Wildman–Crippen MR) is 127 cm³/mol. The number of nitrogens with zero attached hydrogens (tertiary/aromatic N) is 7. The van der Waals surface area contributed by atoms with E-state index in [2.05, 4.69) is 25.9 Å². The first-order chi connectivity index (χ1) is 16.4. The molecule has 1 aromatic heterocycles. The van der Waals surface area contributed by atoms with Crippen molar-refractivity contribution >= 4 is 29.1 Å². The van der Waals surface area contributed by atoms with Gasteiger partial charge in [0, 0.05) is 26.3 Å². The number of hydrogen-bond donors (Lipinski definition) is 1. The Hall–Kier alpha value is -4.28. The number of hydrogen-bond acceptors (Lipinski definition) is 8. The number of carbonyl (C=O) groups is 1. The molecule has 176 valence electrons. The standard InChI is InChI=1S/C23H25FN8O2/c1-4-17-13-32(22-26-28-29-31(22)3)14-20(17)27-30(2)21-11-10-18(12-19(21)24)25-23(33)34-15-16-8-6-5-7-9-16/h4-12H,13-15H2,1-3H3,(H,25,33)/b17-4?,27-20-. The summed E-state index contributed by atoms with van der Waals surface area (Å²) in [6, 6.07) is 13.7. The summed E-state index contributed by atoms with van der Waals surface area (Å²) >= 11 is 0. The van der Waals surface area contributed by atoms with Gasteiger partial charge in [-0.1, -0.05) is 41.5 Å². The fraction of sp³-hybridized carbons (Fsp3) is 0.261. The fourth-order valence-corrected chi connectivity index (χ4v) is 3.58. The molecule has 0 aliphatic carbocycles. The summed E-state index contributed by atoms with van der Waals surface area (Å²) in [5, 5.41) is 20.2. The molecule has 0 radical (unpaired) electrons. The van der Waals surface area contributed by atoms with Crippen LogP contribution in [0.4, 0.5) is 26.5 Å². The third-order valence-electron chi connectivity index (χ3n) is 5.33. The zero-order valence-corrected chi connectivity index (χ0v) is 19.1. The molecule has 0 atom stereocenters. The second kappa shape index (κ2) is 10.1. The van der Waals surface area contributed by atoms with Gasteiger partial charge in [-0.05, 0) is 46.7 Å². The number of anilines is 3. The Morgan fingerprint density at radius 2 is 2.06 bits per heavy atom. The molecule has 1 saturated heterocycles. The van der Waals surface area contributed by atoms with Gasteiger partial charge in [-0.25, -0.2) is 13.9 Å². The number of nitrogens with one attached hydrogen (secondary N) is 1. The quantitative estimate of drug-likeness (QED) is 0.558. The Balaban J connectivity index is 1.41. The summed E-state index contributed by atoms with van der Waals surface area (Å²) in [5.74, 6) is 0.107. The van der Waals surface area contributed by atoms with E-state index in [0.717, 1.165) is 16.8 Å². The van der Waals surface area contributed by atoms with E-state index >= 15 is 0 Å². The van der Waals surface area contributed by atoms with Crippen LogP contribution in [0.3, 0.4) is 0 Å². The van der Waals surface area contributed by atoms with Crippen molar-refractivity contribution in [2.45, 2.75) is 13.5 Å². The first kappa shape index (κ1) is 22.9. The van der Waals surface area contributed by atoms with Crippen molar-refractivity contribution in [2.75, 3.05) is 35.4 Å². The molecule has 0 unspecified atom stereocenters. The maximum atomic E-state index is 14.8. The van der Waals surface area contributed by atoms with E-state index in [1.807, 2.05) is 48.2 Å². The van der Waals surface area contributed by atoms with E-state index in [9.17, 15) is 9.18 Å². The van der Waals surface area contributed by atoms with Crippen LogP contribution in [-0.4, -0.2) is 52.1 Å². The van der Waals surface area contributed by atoms with Crippen LogP contribution in [0.5, 0.6) is 0 Å². The molecule has 34 heavy (non-hydrogen) atoms. The number of aromatic nitrogens is 4. The molecule has 0 spiro atoms. The zero-order chi connectivity index (χ0) is 24.1. The molecule has 0 saturated carbocycles. The highest BCUT2D eigenvalue weighted by atomic mass is 19.1. The summed E-state index contributed by atoms with van der Waals surface area (Å²) in [4.78, 5) is 14.0. The molecule has 4 rings (SSSR count). The molecule has 2 heterocycles. The fourth-order valence-electron chi connectivity index (χ4n) is 3.58. The molecule has 11 heteroatoms. The second-order valence-corrected chi connectivity index (χ2v) is 7.70. The largest absolute Gasteiger partial charge is 0.444 e. The second-order valence-electron chi connectivity index (χ2n) is 7.70. The van der Waals surface area contributed by atoms with Crippen LogP contribution in [0.2, 0.25) is 0 Å². The smallest absolute Gasteiger partial charge is 0.411 e. The van der Waals surface area contributed by atoms with Gasteiger partial charge in [0.05, 0.1) is 17.9 Å². The SMILES string of the molecule is CC=C1CN(c2nnnn2C)C/C1=N/N(C)c1ccc(NC(=O)OCc2ccccc2)cc1F. The monoisotopic (exact) mass is 464 g/mol. The number of ether oxygens (including phenoxy) is 1. The highest BCUT2D eigenvalue weighted by Crippen LogP contribution is 2.25. The van der Waals surface area contributed by atoms with Gasteiger partial charge in [-0.3, -0.25) is 10.3 Å². The zero-order valence-electron chi connectivity index (χ0n) is 19.1.